The Morgan fingerprint density at radius 2 is 1.95 bits per heavy atom. The van der Waals surface area contributed by atoms with Crippen LogP contribution in [0.1, 0.15) is 22.0 Å². The Labute approximate surface area is 132 Å². The van der Waals surface area contributed by atoms with E-state index in [0.717, 1.165) is 27.5 Å². The van der Waals surface area contributed by atoms with Gasteiger partial charge >= 0.3 is 11.1 Å². The minimum atomic E-state index is 0.131. The third-order valence-electron chi connectivity index (χ3n) is 3.94. The number of methoxy groups -OCH3 is 1. The van der Waals surface area contributed by atoms with Gasteiger partial charge < -0.3 is 4.74 Å². The maximum atomic E-state index is 12.6. The standard InChI is InChI=1S/C17H14N2O2S/c1-21-12-8-6-11(7-9-12)15-10-16(20)19-14-5-3-2-4-13(14)18-17(19)22-15/h2-9,15H,10H2,1H3/p+1. The van der Waals surface area contributed by atoms with E-state index in [2.05, 4.69) is 4.98 Å². The summed E-state index contributed by atoms with van der Waals surface area (Å²) >= 11 is 1.70. The molecular weight excluding hydrogens is 296 g/mol. The van der Waals surface area contributed by atoms with Crippen molar-refractivity contribution in [2.75, 3.05) is 7.11 Å². The van der Waals surface area contributed by atoms with Crippen molar-refractivity contribution in [3.8, 4) is 5.75 Å². The average Bonchev–Trinajstić information content (AvgIpc) is 2.93. The fourth-order valence-electron chi connectivity index (χ4n) is 2.82. The molecule has 0 spiro atoms. The van der Waals surface area contributed by atoms with E-state index < -0.39 is 0 Å². The number of H-pyrrole nitrogens is 1. The molecule has 0 saturated heterocycles. The topological polar surface area (TPSA) is 45.4 Å². The minimum absolute atomic E-state index is 0.131. The third-order valence-corrected chi connectivity index (χ3v) is 5.17. The van der Waals surface area contributed by atoms with Gasteiger partial charge in [-0.1, -0.05) is 24.3 Å². The van der Waals surface area contributed by atoms with Gasteiger partial charge in [-0.05, 0) is 41.6 Å². The molecule has 0 fully saturated rings. The number of carbonyl (C=O) groups excluding carboxylic acids is 1. The van der Waals surface area contributed by atoms with Crippen LogP contribution >= 0.6 is 11.8 Å². The Morgan fingerprint density at radius 3 is 2.73 bits per heavy atom. The lowest BCUT2D eigenvalue weighted by Crippen LogP contribution is -2.22. The molecule has 1 aliphatic rings. The van der Waals surface area contributed by atoms with E-state index in [1.165, 1.54) is 0 Å². The van der Waals surface area contributed by atoms with Gasteiger partial charge in [0.1, 0.15) is 5.75 Å². The quantitative estimate of drug-likeness (QED) is 0.729. The molecule has 1 unspecified atom stereocenters. The molecule has 4 nitrogen and oxygen atoms in total. The van der Waals surface area contributed by atoms with Crippen LogP contribution in [-0.4, -0.2) is 17.6 Å². The number of para-hydroxylation sites is 2. The molecule has 22 heavy (non-hydrogen) atoms. The molecule has 1 aliphatic heterocycles. The Balaban J connectivity index is 1.73. The van der Waals surface area contributed by atoms with E-state index in [1.54, 1.807) is 23.4 Å². The molecule has 2 aromatic carbocycles. The fourth-order valence-corrected chi connectivity index (χ4v) is 4.08. The predicted molar refractivity (Wildman–Crippen MR) is 85.3 cm³/mol. The number of fused-ring (bicyclic) bond motifs is 3. The van der Waals surface area contributed by atoms with Gasteiger partial charge in [0.25, 0.3) is 0 Å². The molecule has 5 heteroatoms. The van der Waals surface area contributed by atoms with Crippen molar-refractivity contribution in [2.45, 2.75) is 16.8 Å². The smallest absolute Gasteiger partial charge is 0.324 e. The van der Waals surface area contributed by atoms with Crippen molar-refractivity contribution in [2.24, 2.45) is 0 Å². The van der Waals surface area contributed by atoms with Gasteiger partial charge in [-0.3, -0.25) is 0 Å². The maximum Gasteiger partial charge on any atom is 0.324 e. The van der Waals surface area contributed by atoms with E-state index in [-0.39, 0.29) is 11.2 Å². The highest BCUT2D eigenvalue weighted by molar-refractivity contribution is 7.99. The third kappa shape index (κ3) is 2.09. The molecule has 3 aromatic rings. The van der Waals surface area contributed by atoms with Gasteiger partial charge in [-0.15, -0.1) is 0 Å². The molecule has 1 N–H and O–H groups in total. The van der Waals surface area contributed by atoms with Crippen molar-refractivity contribution in [1.29, 1.82) is 0 Å². The summed E-state index contributed by atoms with van der Waals surface area (Å²) in [6, 6.07) is 15.8. The summed E-state index contributed by atoms with van der Waals surface area (Å²) in [6.45, 7) is 0. The van der Waals surface area contributed by atoms with Gasteiger partial charge in [0.05, 0.1) is 18.8 Å². The van der Waals surface area contributed by atoms with Gasteiger partial charge in [0, 0.05) is 0 Å². The number of aromatic nitrogens is 2. The number of aromatic amines is 1. The first-order chi connectivity index (χ1) is 10.8. The molecule has 110 valence electrons. The summed E-state index contributed by atoms with van der Waals surface area (Å²) in [7, 11) is 1.65. The molecule has 2 heterocycles. The van der Waals surface area contributed by atoms with Crippen LogP contribution in [0.4, 0.5) is 0 Å². The number of ether oxygens (including phenoxy) is 1. The van der Waals surface area contributed by atoms with Crippen LogP contribution in [0.3, 0.4) is 0 Å². The van der Waals surface area contributed by atoms with Crippen LogP contribution in [0, 0.1) is 0 Å². The molecule has 0 bridgehead atoms. The molecule has 0 aliphatic carbocycles. The van der Waals surface area contributed by atoms with Crippen LogP contribution < -0.4 is 9.72 Å². The Hall–Kier alpha value is -2.27. The lowest BCUT2D eigenvalue weighted by atomic mass is 10.1. The number of hydrogen-bond acceptors (Lipinski definition) is 3. The lowest BCUT2D eigenvalue weighted by Gasteiger charge is -2.17. The molecule has 1 aromatic heterocycles. The number of nitrogens with one attached hydrogen (secondary N) is 1. The molecular formula is C17H15N2O2S+. The zero-order chi connectivity index (χ0) is 15.1. The average molecular weight is 311 g/mol. The van der Waals surface area contributed by atoms with Crippen LogP contribution in [0.25, 0.3) is 11.0 Å². The first-order valence-corrected chi connectivity index (χ1v) is 8.01. The number of imidazole rings is 1. The van der Waals surface area contributed by atoms with Gasteiger partial charge in [-0.2, -0.15) is 4.57 Å². The number of thioether (sulfide) groups is 1. The number of nitrogens with zero attached hydrogens (tertiary/aromatic N) is 1. The summed E-state index contributed by atoms with van der Waals surface area (Å²) in [5.74, 6) is 0.962. The van der Waals surface area contributed by atoms with E-state index in [1.807, 2.05) is 48.5 Å². The zero-order valence-electron chi connectivity index (χ0n) is 12.1. The van der Waals surface area contributed by atoms with Gasteiger partial charge in [0.15, 0.2) is 11.0 Å². The molecule has 1 atom stereocenters. The Morgan fingerprint density at radius 1 is 1.18 bits per heavy atom. The lowest BCUT2D eigenvalue weighted by molar-refractivity contribution is -0.398. The van der Waals surface area contributed by atoms with E-state index >= 15 is 0 Å². The second-order valence-electron chi connectivity index (χ2n) is 5.26. The molecule has 0 saturated carbocycles. The van der Waals surface area contributed by atoms with Crippen LogP contribution in [0.15, 0.2) is 53.7 Å². The van der Waals surface area contributed by atoms with Crippen LogP contribution in [0.5, 0.6) is 5.75 Å². The summed E-state index contributed by atoms with van der Waals surface area (Å²) in [6.07, 6.45) is 0.497. The van der Waals surface area contributed by atoms with Crippen molar-refractivity contribution >= 4 is 28.7 Å². The zero-order valence-corrected chi connectivity index (χ0v) is 12.9. The van der Waals surface area contributed by atoms with Gasteiger partial charge in [-0.25, -0.2) is 9.78 Å². The van der Waals surface area contributed by atoms with Crippen molar-refractivity contribution < 1.29 is 14.5 Å². The highest BCUT2D eigenvalue weighted by Gasteiger charge is 2.35. The van der Waals surface area contributed by atoms with E-state index in [0.29, 0.717) is 6.42 Å². The maximum absolute atomic E-state index is 12.6. The van der Waals surface area contributed by atoms with Gasteiger partial charge in [0.2, 0.25) is 0 Å². The van der Waals surface area contributed by atoms with Crippen molar-refractivity contribution in [3.05, 3.63) is 54.1 Å². The van der Waals surface area contributed by atoms with E-state index in [9.17, 15) is 4.79 Å². The highest BCUT2D eigenvalue weighted by Crippen LogP contribution is 2.41. The minimum Gasteiger partial charge on any atom is -0.497 e. The summed E-state index contributed by atoms with van der Waals surface area (Å²) in [5, 5.41) is 1.03. The Kier molecular flexibility index (Phi) is 3.15. The first kappa shape index (κ1) is 13.4. The SMILES string of the molecule is COc1ccc(C2CC(=O)n3c([nH+]c4ccccc43)S2)cc1. The largest absolute Gasteiger partial charge is 0.497 e. The van der Waals surface area contributed by atoms with E-state index in [4.69, 9.17) is 4.74 Å². The van der Waals surface area contributed by atoms with Crippen LogP contribution in [-0.2, 0) is 0 Å². The highest BCUT2D eigenvalue weighted by atomic mass is 32.2. The predicted octanol–water partition coefficient (Wildman–Crippen LogP) is 3.34. The number of hydrogen-bond donors (Lipinski definition) is 0. The summed E-state index contributed by atoms with van der Waals surface area (Å²) < 4.78 is 6.98. The monoisotopic (exact) mass is 311 g/mol. The second kappa shape index (κ2) is 5.18. The molecule has 4 rings (SSSR count). The normalized spacial score (nSPS) is 17.5. The molecule has 0 amide bonds. The number of carbonyl (C=O) groups is 1. The number of rotatable bonds is 2. The van der Waals surface area contributed by atoms with Crippen molar-refractivity contribution in [1.82, 2.24) is 4.57 Å². The van der Waals surface area contributed by atoms with Crippen molar-refractivity contribution in [3.63, 3.8) is 0 Å². The number of benzene rings is 2. The fraction of sp³-hybridized carbons (Fsp3) is 0.176. The summed E-state index contributed by atoms with van der Waals surface area (Å²) in [5.41, 5.74) is 3.08. The first-order valence-electron chi connectivity index (χ1n) is 7.13. The molecule has 0 radical (unpaired) electrons. The second-order valence-corrected chi connectivity index (χ2v) is 6.45. The Bertz CT molecular complexity index is 855. The summed E-state index contributed by atoms with van der Waals surface area (Å²) in [4.78, 5) is 15.9. The van der Waals surface area contributed by atoms with Crippen LogP contribution in [0.2, 0.25) is 0 Å².